The molecule has 0 aliphatic heterocycles. The van der Waals surface area contributed by atoms with Gasteiger partial charge in [-0.2, -0.15) is 4.79 Å². The van der Waals surface area contributed by atoms with Crippen molar-refractivity contribution < 1.29 is 22.7 Å². The lowest BCUT2D eigenvalue weighted by molar-refractivity contribution is 0.00752. The number of para-hydroxylation sites is 1. The lowest BCUT2D eigenvalue weighted by Crippen LogP contribution is -2.16. The molecular weight excluding hydrogens is 448 g/mol. The molecular formula is C27H46N2O4S. The van der Waals surface area contributed by atoms with Crippen molar-refractivity contribution in [2.45, 2.75) is 86.0 Å². The van der Waals surface area contributed by atoms with Crippen LogP contribution in [0.5, 0.6) is 11.5 Å². The Labute approximate surface area is 208 Å². The number of benzene rings is 1. The van der Waals surface area contributed by atoms with Crippen molar-refractivity contribution in [1.29, 1.82) is 0 Å². The predicted molar refractivity (Wildman–Crippen MR) is 139 cm³/mol. The molecule has 34 heavy (non-hydrogen) atoms. The van der Waals surface area contributed by atoms with Gasteiger partial charge in [0.15, 0.2) is 11.5 Å². The first-order valence-electron chi connectivity index (χ1n) is 12.7. The summed E-state index contributed by atoms with van der Waals surface area (Å²) in [6.07, 6.45) is 4.25. The first-order chi connectivity index (χ1) is 15.9. The van der Waals surface area contributed by atoms with Gasteiger partial charge in [0.05, 0.1) is 13.2 Å². The van der Waals surface area contributed by atoms with E-state index < -0.39 is 9.84 Å². The number of rotatable bonds is 16. The molecule has 0 radical (unpaired) electrons. The van der Waals surface area contributed by atoms with Crippen LogP contribution in [-0.2, 0) is 9.84 Å². The second kappa shape index (κ2) is 14.5. The van der Waals surface area contributed by atoms with E-state index >= 15 is 0 Å². The zero-order valence-corrected chi connectivity index (χ0v) is 23.3. The number of nitrogens with zero attached hydrogens (tertiary/aromatic N) is 2. The minimum Gasteiger partial charge on any atom is -0.489 e. The van der Waals surface area contributed by atoms with Crippen LogP contribution >= 0.6 is 0 Å². The van der Waals surface area contributed by atoms with Gasteiger partial charge in [-0.25, -0.2) is 8.42 Å². The zero-order chi connectivity index (χ0) is 25.9. The maximum Gasteiger partial charge on any atom is 0.374 e. The molecule has 1 aromatic carbocycles. The van der Waals surface area contributed by atoms with E-state index in [0.717, 1.165) is 25.7 Å². The molecule has 1 aromatic rings. The highest BCUT2D eigenvalue weighted by atomic mass is 32.2. The van der Waals surface area contributed by atoms with Crippen LogP contribution in [0.1, 0.15) is 81.1 Å². The Balaban J connectivity index is 2.99. The molecule has 1 rings (SSSR count). The van der Waals surface area contributed by atoms with E-state index in [1.165, 1.54) is 6.07 Å². The summed E-state index contributed by atoms with van der Waals surface area (Å²) in [6.45, 7) is 18.6. The number of hydrogen-bond donors (Lipinski definition) is 0. The largest absolute Gasteiger partial charge is 0.489 e. The molecule has 0 N–H and O–H groups in total. The normalized spacial score (nSPS) is 15.5. The van der Waals surface area contributed by atoms with Gasteiger partial charge in [0.1, 0.15) is 4.90 Å². The summed E-state index contributed by atoms with van der Waals surface area (Å²) >= 11 is 0. The van der Waals surface area contributed by atoms with E-state index in [1.54, 1.807) is 12.1 Å². The highest BCUT2D eigenvalue weighted by Gasteiger charge is 2.26. The third-order valence-corrected chi connectivity index (χ3v) is 8.28. The van der Waals surface area contributed by atoms with Crippen LogP contribution in [0.25, 0.3) is 5.53 Å². The van der Waals surface area contributed by atoms with Gasteiger partial charge < -0.3 is 15.0 Å². The standard InChI is InChI=1S/C27H46N2O4S/c1-19(2)23(7)14-12-21(5)16-32-25-10-9-11-26(34(30,31)18-29-28)27(25)33-17-22(6)13-15-24(8)20(3)4/h9-11,18-24H,12-17H2,1-8H3. The zero-order valence-electron chi connectivity index (χ0n) is 22.5. The van der Waals surface area contributed by atoms with Gasteiger partial charge in [-0.1, -0.05) is 74.3 Å². The molecule has 4 atom stereocenters. The average Bonchev–Trinajstić information content (AvgIpc) is 2.77. The predicted octanol–water partition coefficient (Wildman–Crippen LogP) is 6.89. The van der Waals surface area contributed by atoms with Gasteiger partial charge >= 0.3 is 5.55 Å². The Morgan fingerprint density at radius 1 is 0.824 bits per heavy atom. The van der Waals surface area contributed by atoms with E-state index in [0.29, 0.717) is 54.1 Å². The number of sulfone groups is 1. The third-order valence-electron chi connectivity index (χ3n) is 6.98. The molecule has 0 heterocycles. The highest BCUT2D eigenvalue weighted by molar-refractivity contribution is 8.04. The summed E-state index contributed by atoms with van der Waals surface area (Å²) in [5.74, 6) is 3.71. The van der Waals surface area contributed by atoms with E-state index in [2.05, 4.69) is 60.2 Å². The first kappa shape index (κ1) is 30.2. The number of ether oxygens (including phenoxy) is 2. The maximum atomic E-state index is 12.7. The second-order valence-electron chi connectivity index (χ2n) is 10.8. The van der Waals surface area contributed by atoms with Crippen molar-refractivity contribution in [3.05, 3.63) is 23.7 Å². The van der Waals surface area contributed by atoms with Crippen LogP contribution in [0.2, 0.25) is 0 Å². The van der Waals surface area contributed by atoms with Gasteiger partial charge in [0, 0.05) is 0 Å². The van der Waals surface area contributed by atoms with Crippen molar-refractivity contribution in [2.75, 3.05) is 13.2 Å². The van der Waals surface area contributed by atoms with Crippen LogP contribution in [0, 0.1) is 35.5 Å². The van der Waals surface area contributed by atoms with Crippen LogP contribution in [0.3, 0.4) is 0 Å². The van der Waals surface area contributed by atoms with Gasteiger partial charge in [0.25, 0.3) is 9.84 Å². The summed E-state index contributed by atoms with van der Waals surface area (Å²) < 4.78 is 37.5. The van der Waals surface area contributed by atoms with Crippen LogP contribution in [-0.4, -0.2) is 32.0 Å². The Bertz CT molecular complexity index is 892. The SMILES string of the molecule is CC(CCC(C)C(C)C)COc1cccc(S(=O)(=O)C=[N+]=[N-])c1OCC(C)CCC(C)C(C)C. The van der Waals surface area contributed by atoms with Crippen molar-refractivity contribution in [3.63, 3.8) is 0 Å². The van der Waals surface area contributed by atoms with Crippen molar-refractivity contribution in [2.24, 2.45) is 35.5 Å². The van der Waals surface area contributed by atoms with E-state index in [-0.39, 0.29) is 16.6 Å². The number of hydrogen-bond acceptors (Lipinski definition) is 4. The minimum atomic E-state index is -3.96. The van der Waals surface area contributed by atoms with E-state index in [4.69, 9.17) is 15.0 Å². The second-order valence-corrected chi connectivity index (χ2v) is 12.5. The molecule has 6 nitrogen and oxygen atoms in total. The van der Waals surface area contributed by atoms with Crippen LogP contribution < -0.4 is 9.47 Å². The van der Waals surface area contributed by atoms with E-state index in [1.807, 2.05) is 0 Å². The summed E-state index contributed by atoms with van der Waals surface area (Å²) in [6, 6.07) is 4.82. The quantitative estimate of drug-likeness (QED) is 0.108. The van der Waals surface area contributed by atoms with Gasteiger partial charge in [-0.05, 0) is 60.5 Å². The molecule has 0 saturated heterocycles. The van der Waals surface area contributed by atoms with Crippen molar-refractivity contribution >= 4 is 15.4 Å². The molecule has 0 aromatic heterocycles. The van der Waals surface area contributed by atoms with Crippen molar-refractivity contribution in [1.82, 2.24) is 0 Å². The fourth-order valence-corrected chi connectivity index (χ4v) is 4.40. The Hall–Kier alpha value is -1.85. The smallest absolute Gasteiger partial charge is 0.374 e. The third kappa shape index (κ3) is 10.2. The lowest BCUT2D eigenvalue weighted by Gasteiger charge is -2.21. The summed E-state index contributed by atoms with van der Waals surface area (Å²) in [5.41, 5.74) is 9.38. The van der Waals surface area contributed by atoms with Gasteiger partial charge in [-0.15, -0.1) is 0 Å². The Kier molecular flexibility index (Phi) is 12.9. The first-order valence-corrected chi connectivity index (χ1v) is 14.2. The molecule has 0 aliphatic rings. The lowest BCUT2D eigenvalue weighted by atomic mass is 9.90. The Morgan fingerprint density at radius 2 is 1.32 bits per heavy atom. The van der Waals surface area contributed by atoms with Crippen LogP contribution in [0.4, 0.5) is 0 Å². The molecule has 0 spiro atoms. The minimum absolute atomic E-state index is 0.0494. The van der Waals surface area contributed by atoms with Gasteiger partial charge in [-0.3, -0.25) is 0 Å². The van der Waals surface area contributed by atoms with Crippen molar-refractivity contribution in [3.8, 4) is 11.5 Å². The summed E-state index contributed by atoms with van der Waals surface area (Å²) in [5, 5.41) is 0. The molecule has 7 heteroatoms. The van der Waals surface area contributed by atoms with Crippen LogP contribution in [0.15, 0.2) is 23.1 Å². The molecule has 0 fully saturated rings. The summed E-state index contributed by atoms with van der Waals surface area (Å²) in [4.78, 5) is 2.69. The van der Waals surface area contributed by atoms with E-state index in [9.17, 15) is 8.42 Å². The molecule has 0 amide bonds. The maximum absolute atomic E-state index is 12.7. The van der Waals surface area contributed by atoms with Gasteiger partial charge in [0.2, 0.25) is 0 Å². The average molecular weight is 495 g/mol. The topological polar surface area (TPSA) is 89.0 Å². The molecule has 0 bridgehead atoms. The monoisotopic (exact) mass is 494 g/mol. The molecule has 0 saturated carbocycles. The fraction of sp³-hybridized carbons (Fsp3) is 0.741. The Morgan fingerprint density at radius 3 is 1.79 bits per heavy atom. The fourth-order valence-electron chi connectivity index (χ4n) is 3.48. The summed E-state index contributed by atoms with van der Waals surface area (Å²) in [7, 11) is -3.96. The molecule has 0 aliphatic carbocycles. The molecule has 4 unspecified atom stereocenters. The molecule has 194 valence electrons. The highest BCUT2D eigenvalue weighted by Crippen LogP contribution is 2.36.